The highest BCUT2D eigenvalue weighted by Crippen LogP contribution is 2.28. The number of hydrogen-bond donors (Lipinski definition) is 1. The monoisotopic (exact) mass is 293 g/mol. The molecule has 2 N–H and O–H groups in total. The van der Waals surface area contributed by atoms with Crippen molar-refractivity contribution in [1.29, 1.82) is 0 Å². The second kappa shape index (κ2) is 6.33. The van der Waals surface area contributed by atoms with Crippen molar-refractivity contribution in [3.63, 3.8) is 0 Å². The average molecular weight is 294 g/mol. The number of rotatable bonds is 3. The first-order chi connectivity index (χ1) is 9.74. The Bertz CT molecular complexity index is 443. The lowest BCUT2D eigenvalue weighted by atomic mass is 10.0. The molecule has 1 aliphatic carbocycles. The summed E-state index contributed by atoms with van der Waals surface area (Å²) < 4.78 is 0. The van der Waals surface area contributed by atoms with E-state index in [0.717, 1.165) is 31.2 Å². The third kappa shape index (κ3) is 3.11. The Morgan fingerprint density at radius 2 is 1.85 bits per heavy atom. The van der Waals surface area contributed by atoms with Crippen molar-refractivity contribution in [1.82, 2.24) is 4.90 Å². The molecular weight excluding hydrogens is 270 g/mol. The van der Waals surface area contributed by atoms with E-state index in [9.17, 15) is 0 Å². The number of nitrogens with zero attached hydrogens (tertiary/aromatic N) is 2. The third-order valence-electron chi connectivity index (χ3n) is 4.78. The maximum Gasteiger partial charge on any atom is 0.0639 e. The molecule has 3 nitrogen and oxygen atoms in total. The van der Waals surface area contributed by atoms with Gasteiger partial charge in [-0.2, -0.15) is 0 Å². The molecule has 1 saturated carbocycles. The Labute approximate surface area is 126 Å². The summed E-state index contributed by atoms with van der Waals surface area (Å²) in [6, 6.07) is 8.57. The fourth-order valence-electron chi connectivity index (χ4n) is 3.50. The van der Waals surface area contributed by atoms with Crippen molar-refractivity contribution in [3.05, 3.63) is 29.3 Å². The summed E-state index contributed by atoms with van der Waals surface area (Å²) in [6.07, 6.45) is 3.83. The molecule has 2 aliphatic rings. The minimum Gasteiger partial charge on any atom is -0.368 e. The zero-order valence-electron chi connectivity index (χ0n) is 12.0. The van der Waals surface area contributed by atoms with Gasteiger partial charge in [0.1, 0.15) is 0 Å². The number of para-hydroxylation sites is 1. The maximum atomic E-state index is 6.28. The summed E-state index contributed by atoms with van der Waals surface area (Å²) in [6.45, 7) is 5.54. The summed E-state index contributed by atoms with van der Waals surface area (Å²) in [5, 5.41) is 0.860. The molecule has 0 amide bonds. The van der Waals surface area contributed by atoms with Crippen LogP contribution in [0.25, 0.3) is 0 Å². The van der Waals surface area contributed by atoms with Crippen LogP contribution in [0.1, 0.15) is 19.3 Å². The Kier molecular flexibility index (Phi) is 4.49. The Balaban J connectivity index is 1.53. The molecule has 1 aromatic carbocycles. The van der Waals surface area contributed by atoms with E-state index in [2.05, 4.69) is 21.9 Å². The molecule has 1 heterocycles. The normalized spacial score (nSPS) is 28.0. The molecular formula is C16H24ClN3. The van der Waals surface area contributed by atoms with Gasteiger partial charge in [-0.1, -0.05) is 30.2 Å². The van der Waals surface area contributed by atoms with Crippen LogP contribution in [0.15, 0.2) is 24.3 Å². The van der Waals surface area contributed by atoms with Crippen LogP contribution in [0.5, 0.6) is 0 Å². The van der Waals surface area contributed by atoms with Crippen LogP contribution in [-0.2, 0) is 0 Å². The molecule has 3 rings (SSSR count). The summed E-state index contributed by atoms with van der Waals surface area (Å²) in [5.74, 6) is 0.710. The number of piperazine rings is 1. The van der Waals surface area contributed by atoms with Gasteiger partial charge in [0.05, 0.1) is 10.7 Å². The van der Waals surface area contributed by atoms with E-state index in [1.165, 1.54) is 31.5 Å². The van der Waals surface area contributed by atoms with Crippen LogP contribution in [0, 0.1) is 5.92 Å². The second-order valence-electron chi connectivity index (χ2n) is 6.09. The lowest BCUT2D eigenvalue weighted by Crippen LogP contribution is -2.49. The van der Waals surface area contributed by atoms with Crippen LogP contribution in [0.2, 0.25) is 5.02 Å². The minimum absolute atomic E-state index is 0.427. The van der Waals surface area contributed by atoms with Crippen molar-refractivity contribution in [3.8, 4) is 0 Å². The van der Waals surface area contributed by atoms with E-state index in [1.54, 1.807) is 0 Å². The zero-order valence-corrected chi connectivity index (χ0v) is 12.7. The van der Waals surface area contributed by atoms with Gasteiger partial charge in [-0.05, 0) is 30.9 Å². The molecule has 0 radical (unpaired) electrons. The van der Waals surface area contributed by atoms with Crippen molar-refractivity contribution in [2.75, 3.05) is 37.6 Å². The second-order valence-corrected chi connectivity index (χ2v) is 6.50. The van der Waals surface area contributed by atoms with Gasteiger partial charge in [-0.15, -0.1) is 0 Å². The van der Waals surface area contributed by atoms with Crippen LogP contribution in [-0.4, -0.2) is 43.7 Å². The molecule has 0 bridgehead atoms. The van der Waals surface area contributed by atoms with Gasteiger partial charge in [0.25, 0.3) is 0 Å². The molecule has 1 aromatic rings. The highest BCUT2D eigenvalue weighted by Gasteiger charge is 2.27. The molecule has 110 valence electrons. The smallest absolute Gasteiger partial charge is 0.0639 e. The molecule has 4 heteroatoms. The first-order valence-electron chi connectivity index (χ1n) is 7.71. The highest BCUT2D eigenvalue weighted by molar-refractivity contribution is 6.33. The van der Waals surface area contributed by atoms with E-state index < -0.39 is 0 Å². The van der Waals surface area contributed by atoms with E-state index >= 15 is 0 Å². The summed E-state index contributed by atoms with van der Waals surface area (Å²) >= 11 is 6.28. The third-order valence-corrected chi connectivity index (χ3v) is 5.10. The summed E-state index contributed by atoms with van der Waals surface area (Å²) in [7, 11) is 0. The van der Waals surface area contributed by atoms with Crippen molar-refractivity contribution < 1.29 is 0 Å². The summed E-state index contributed by atoms with van der Waals surface area (Å²) in [5.41, 5.74) is 7.35. The first kappa shape index (κ1) is 14.2. The van der Waals surface area contributed by atoms with Gasteiger partial charge in [0, 0.05) is 38.8 Å². The molecule has 0 aromatic heterocycles. The highest BCUT2D eigenvalue weighted by atomic mass is 35.5. The van der Waals surface area contributed by atoms with Crippen molar-refractivity contribution in [2.24, 2.45) is 11.7 Å². The quantitative estimate of drug-likeness (QED) is 0.930. The van der Waals surface area contributed by atoms with Crippen LogP contribution >= 0.6 is 11.6 Å². The molecule has 2 atom stereocenters. The van der Waals surface area contributed by atoms with E-state index in [-0.39, 0.29) is 0 Å². The number of nitrogens with two attached hydrogens (primary N) is 1. The number of hydrogen-bond acceptors (Lipinski definition) is 3. The Morgan fingerprint density at radius 3 is 2.50 bits per heavy atom. The van der Waals surface area contributed by atoms with Gasteiger partial charge >= 0.3 is 0 Å². The first-order valence-corrected chi connectivity index (χ1v) is 8.09. The van der Waals surface area contributed by atoms with E-state index in [0.29, 0.717) is 12.0 Å². The number of halogens is 1. The van der Waals surface area contributed by atoms with Gasteiger partial charge < -0.3 is 10.6 Å². The number of benzene rings is 1. The SMILES string of the molecule is NC1CCCC1CN1CCN(c2ccccc2Cl)CC1. The Hall–Kier alpha value is -0.770. The molecule has 0 spiro atoms. The molecule has 1 aliphatic heterocycles. The van der Waals surface area contributed by atoms with Gasteiger partial charge in [0.2, 0.25) is 0 Å². The molecule has 2 fully saturated rings. The molecule has 2 unspecified atom stereocenters. The van der Waals surface area contributed by atoms with Gasteiger partial charge in [-0.25, -0.2) is 0 Å². The molecule has 20 heavy (non-hydrogen) atoms. The summed E-state index contributed by atoms with van der Waals surface area (Å²) in [4.78, 5) is 4.97. The predicted octanol–water partition coefficient (Wildman–Crippen LogP) is 2.59. The van der Waals surface area contributed by atoms with Crippen LogP contribution < -0.4 is 10.6 Å². The standard InChI is InChI=1S/C16H24ClN3/c17-14-5-1-2-7-16(14)20-10-8-19(9-11-20)12-13-4-3-6-15(13)18/h1-2,5,7,13,15H,3-4,6,8-12,18H2. The predicted molar refractivity (Wildman–Crippen MR) is 85.4 cm³/mol. The lowest BCUT2D eigenvalue weighted by Gasteiger charge is -2.38. The van der Waals surface area contributed by atoms with Gasteiger partial charge in [0.15, 0.2) is 0 Å². The molecule has 1 saturated heterocycles. The minimum atomic E-state index is 0.427. The number of anilines is 1. The largest absolute Gasteiger partial charge is 0.368 e. The van der Waals surface area contributed by atoms with E-state index in [1.807, 2.05) is 12.1 Å². The fourth-order valence-corrected chi connectivity index (χ4v) is 3.76. The average Bonchev–Trinajstić information content (AvgIpc) is 2.86. The van der Waals surface area contributed by atoms with Crippen LogP contribution in [0.4, 0.5) is 5.69 Å². The van der Waals surface area contributed by atoms with Crippen molar-refractivity contribution >= 4 is 17.3 Å². The topological polar surface area (TPSA) is 32.5 Å². The lowest BCUT2D eigenvalue weighted by molar-refractivity contribution is 0.212. The zero-order chi connectivity index (χ0) is 13.9. The Morgan fingerprint density at radius 1 is 1.10 bits per heavy atom. The van der Waals surface area contributed by atoms with Gasteiger partial charge in [-0.3, -0.25) is 4.90 Å². The van der Waals surface area contributed by atoms with Crippen LogP contribution in [0.3, 0.4) is 0 Å². The maximum absolute atomic E-state index is 6.28. The van der Waals surface area contributed by atoms with E-state index in [4.69, 9.17) is 17.3 Å². The van der Waals surface area contributed by atoms with Crippen molar-refractivity contribution in [2.45, 2.75) is 25.3 Å². The fraction of sp³-hybridized carbons (Fsp3) is 0.625.